The highest BCUT2D eigenvalue weighted by Crippen LogP contribution is 2.16. The van der Waals surface area contributed by atoms with Crippen LogP contribution in [0.4, 0.5) is 23.8 Å². The summed E-state index contributed by atoms with van der Waals surface area (Å²) >= 11 is 0. The summed E-state index contributed by atoms with van der Waals surface area (Å²) in [6.45, 7) is 0. The van der Waals surface area contributed by atoms with E-state index in [1.165, 1.54) is 0 Å². The van der Waals surface area contributed by atoms with E-state index in [1.807, 2.05) is 0 Å². The molecule has 1 unspecified atom stereocenters. The minimum atomic E-state index is -0.898. The quantitative estimate of drug-likeness (QED) is 0.389. The van der Waals surface area contributed by atoms with Crippen molar-refractivity contribution in [1.82, 2.24) is 29.9 Å². The van der Waals surface area contributed by atoms with Crippen LogP contribution < -0.4 is 22.9 Å². The van der Waals surface area contributed by atoms with Crippen LogP contribution in [0.2, 0.25) is 0 Å². The molecule has 0 radical (unpaired) electrons. The maximum atomic E-state index is 11.4. The minimum absolute atomic E-state index is 0.0133. The van der Waals surface area contributed by atoms with Gasteiger partial charge >= 0.3 is 5.97 Å². The van der Waals surface area contributed by atoms with Gasteiger partial charge in [-0.15, -0.1) is 0 Å². The third-order valence-corrected chi connectivity index (χ3v) is 3.45. The molecule has 12 heteroatoms. The van der Waals surface area contributed by atoms with Crippen molar-refractivity contribution < 1.29 is 9.90 Å². The number of carboxylic acid groups (broad SMARTS) is 1. The summed E-state index contributed by atoms with van der Waals surface area (Å²) in [5.41, 5.74) is 22.0. The molecule has 25 heavy (non-hydrogen) atoms. The molecule has 0 saturated heterocycles. The largest absolute Gasteiger partial charge is 0.481 e. The van der Waals surface area contributed by atoms with Gasteiger partial charge in [-0.05, 0) is 19.3 Å². The van der Waals surface area contributed by atoms with E-state index in [4.69, 9.17) is 22.9 Å². The average Bonchev–Trinajstić information content (AvgIpc) is 2.48. The molecule has 2 heterocycles. The van der Waals surface area contributed by atoms with Crippen molar-refractivity contribution in [3.05, 3.63) is 11.6 Å². The standard InChI is InChI=1S/C13H20N10O2/c14-10-18-7(19-11(15)22-10)3-1-2-6(9(24)25)4-5-8-20-12(16)23-13(17)21-8/h6H,1-5H2,(H,24,25)(H4,14,15,18,19,22)(H4,16,17,20,21,23). The van der Waals surface area contributed by atoms with E-state index >= 15 is 0 Å². The summed E-state index contributed by atoms with van der Waals surface area (Å²) < 4.78 is 0. The zero-order valence-electron chi connectivity index (χ0n) is 13.5. The molecule has 134 valence electrons. The van der Waals surface area contributed by atoms with Gasteiger partial charge in [-0.1, -0.05) is 0 Å². The van der Waals surface area contributed by atoms with E-state index in [9.17, 15) is 9.90 Å². The maximum Gasteiger partial charge on any atom is 0.306 e. The van der Waals surface area contributed by atoms with Crippen molar-refractivity contribution in [2.45, 2.75) is 32.1 Å². The van der Waals surface area contributed by atoms with Gasteiger partial charge in [0.25, 0.3) is 0 Å². The third kappa shape index (κ3) is 5.67. The number of nitrogens with two attached hydrogens (primary N) is 4. The van der Waals surface area contributed by atoms with Crippen LogP contribution in [0, 0.1) is 5.92 Å². The summed E-state index contributed by atoms with van der Waals surface area (Å²) in [5.74, 6) is -0.551. The van der Waals surface area contributed by atoms with Gasteiger partial charge < -0.3 is 28.0 Å². The van der Waals surface area contributed by atoms with Crippen LogP contribution in [0.25, 0.3) is 0 Å². The Morgan fingerprint density at radius 1 is 0.760 bits per heavy atom. The van der Waals surface area contributed by atoms with E-state index in [1.54, 1.807) is 0 Å². The molecule has 2 aromatic heterocycles. The van der Waals surface area contributed by atoms with Crippen molar-refractivity contribution in [1.29, 1.82) is 0 Å². The predicted octanol–water partition coefficient (Wildman–Crippen LogP) is -0.958. The van der Waals surface area contributed by atoms with Crippen LogP contribution in [0.15, 0.2) is 0 Å². The second-order valence-corrected chi connectivity index (χ2v) is 5.40. The summed E-state index contributed by atoms with van der Waals surface area (Å²) in [7, 11) is 0. The van der Waals surface area contributed by atoms with E-state index < -0.39 is 11.9 Å². The van der Waals surface area contributed by atoms with Crippen LogP contribution >= 0.6 is 0 Å². The second kappa shape index (κ2) is 7.99. The highest BCUT2D eigenvalue weighted by Gasteiger charge is 2.18. The molecule has 1 atom stereocenters. The van der Waals surface area contributed by atoms with Gasteiger partial charge in [0.15, 0.2) is 0 Å². The van der Waals surface area contributed by atoms with Crippen LogP contribution in [0.3, 0.4) is 0 Å². The molecule has 0 amide bonds. The van der Waals surface area contributed by atoms with Crippen molar-refractivity contribution in [2.24, 2.45) is 5.92 Å². The number of carboxylic acids is 1. The second-order valence-electron chi connectivity index (χ2n) is 5.40. The Morgan fingerprint density at radius 3 is 1.64 bits per heavy atom. The summed E-state index contributed by atoms with van der Waals surface area (Å²) in [6, 6.07) is 0. The number of hydrogen-bond donors (Lipinski definition) is 5. The first-order chi connectivity index (χ1) is 11.8. The number of aliphatic carboxylic acids is 1. The predicted molar refractivity (Wildman–Crippen MR) is 89.7 cm³/mol. The molecular weight excluding hydrogens is 328 g/mol. The lowest BCUT2D eigenvalue weighted by atomic mass is 9.96. The van der Waals surface area contributed by atoms with Crippen LogP contribution in [-0.2, 0) is 17.6 Å². The maximum absolute atomic E-state index is 11.4. The lowest BCUT2D eigenvalue weighted by Crippen LogP contribution is -2.16. The number of carbonyl (C=O) groups is 1. The van der Waals surface area contributed by atoms with Crippen LogP contribution in [-0.4, -0.2) is 41.0 Å². The van der Waals surface area contributed by atoms with Gasteiger partial charge in [0, 0.05) is 12.8 Å². The zero-order chi connectivity index (χ0) is 18.4. The lowest BCUT2D eigenvalue weighted by molar-refractivity contribution is -0.142. The first-order valence-corrected chi connectivity index (χ1v) is 7.58. The Labute approximate surface area is 143 Å². The fraction of sp³-hybridized carbons (Fsp3) is 0.462. The third-order valence-electron chi connectivity index (χ3n) is 3.45. The fourth-order valence-electron chi connectivity index (χ4n) is 2.34. The van der Waals surface area contributed by atoms with E-state index in [0.717, 1.165) is 0 Å². The van der Waals surface area contributed by atoms with Crippen LogP contribution in [0.5, 0.6) is 0 Å². The number of aryl methyl sites for hydroxylation is 2. The molecule has 0 saturated carbocycles. The number of nitrogens with zero attached hydrogens (tertiary/aromatic N) is 6. The normalized spacial score (nSPS) is 12.0. The SMILES string of the molecule is Nc1nc(N)nc(CCCC(CCc2nc(N)nc(N)n2)C(=O)O)n1. The Kier molecular flexibility index (Phi) is 5.76. The summed E-state index contributed by atoms with van der Waals surface area (Å²) in [5, 5.41) is 9.36. The summed E-state index contributed by atoms with van der Waals surface area (Å²) in [4.78, 5) is 34.6. The first-order valence-electron chi connectivity index (χ1n) is 7.58. The molecule has 2 aromatic rings. The van der Waals surface area contributed by atoms with E-state index in [-0.39, 0.29) is 23.8 Å². The van der Waals surface area contributed by atoms with Crippen molar-refractivity contribution >= 4 is 29.8 Å². The number of anilines is 4. The molecule has 0 aliphatic rings. The summed E-state index contributed by atoms with van der Waals surface area (Å²) in [6.07, 6.45) is 2.11. The molecular formula is C13H20N10O2. The van der Waals surface area contributed by atoms with E-state index in [2.05, 4.69) is 29.9 Å². The monoisotopic (exact) mass is 348 g/mol. The van der Waals surface area contributed by atoms with Gasteiger partial charge in [-0.3, -0.25) is 4.79 Å². The Bertz CT molecular complexity index is 713. The number of rotatable bonds is 8. The molecule has 0 spiro atoms. The topological polar surface area (TPSA) is 219 Å². The highest BCUT2D eigenvalue weighted by molar-refractivity contribution is 5.69. The zero-order valence-corrected chi connectivity index (χ0v) is 13.5. The van der Waals surface area contributed by atoms with Crippen LogP contribution in [0.1, 0.15) is 30.9 Å². The molecule has 12 nitrogen and oxygen atoms in total. The molecule has 0 aliphatic heterocycles. The van der Waals surface area contributed by atoms with Crippen molar-refractivity contribution in [3.63, 3.8) is 0 Å². The van der Waals surface area contributed by atoms with Gasteiger partial charge in [-0.2, -0.15) is 29.9 Å². The smallest absolute Gasteiger partial charge is 0.306 e. The molecule has 0 bridgehead atoms. The molecule has 9 N–H and O–H groups in total. The van der Waals surface area contributed by atoms with Gasteiger partial charge in [-0.25, -0.2) is 0 Å². The molecule has 0 aromatic carbocycles. The number of nitrogen functional groups attached to an aromatic ring is 4. The van der Waals surface area contributed by atoms with Crippen molar-refractivity contribution in [2.75, 3.05) is 22.9 Å². The lowest BCUT2D eigenvalue weighted by Gasteiger charge is -2.11. The number of hydrogen-bond acceptors (Lipinski definition) is 11. The average molecular weight is 348 g/mol. The van der Waals surface area contributed by atoms with Crippen molar-refractivity contribution in [3.8, 4) is 0 Å². The van der Waals surface area contributed by atoms with E-state index in [0.29, 0.717) is 43.8 Å². The fourth-order valence-corrected chi connectivity index (χ4v) is 2.34. The Morgan fingerprint density at radius 2 is 1.20 bits per heavy atom. The molecule has 0 fully saturated rings. The highest BCUT2D eigenvalue weighted by atomic mass is 16.4. The Hall–Kier alpha value is -3.31. The van der Waals surface area contributed by atoms with Gasteiger partial charge in [0.1, 0.15) is 11.6 Å². The first kappa shape index (κ1) is 18.0. The Balaban J connectivity index is 1.89. The molecule has 0 aliphatic carbocycles. The number of aromatic nitrogens is 6. The minimum Gasteiger partial charge on any atom is -0.481 e. The molecule has 2 rings (SSSR count). The van der Waals surface area contributed by atoms with Gasteiger partial charge in [0.05, 0.1) is 5.92 Å². The van der Waals surface area contributed by atoms with Gasteiger partial charge in [0.2, 0.25) is 23.8 Å².